The number of hydrogen-bond acceptors (Lipinski definition) is 1. The Labute approximate surface area is 56.0 Å². The van der Waals surface area contributed by atoms with E-state index in [0.717, 1.165) is 5.41 Å². The summed E-state index contributed by atoms with van der Waals surface area (Å²) < 4.78 is 0. The number of quaternary nitrogens is 1. The van der Waals surface area contributed by atoms with Crippen molar-refractivity contribution in [3.8, 4) is 0 Å². The second-order valence-electron chi connectivity index (χ2n) is 3.48. The van der Waals surface area contributed by atoms with Crippen molar-refractivity contribution in [2.75, 3.05) is 26.2 Å². The van der Waals surface area contributed by atoms with Crippen LogP contribution in [-0.2, 0) is 0 Å². The molecule has 0 amide bonds. The summed E-state index contributed by atoms with van der Waals surface area (Å²) in [4.78, 5) is 0. The Morgan fingerprint density at radius 2 is 2.22 bits per heavy atom. The average molecular weight is 127 g/mol. The molecule has 0 aromatic rings. The lowest BCUT2D eigenvalue weighted by molar-refractivity contribution is -0.741. The molecule has 2 saturated heterocycles. The Kier molecular flexibility index (Phi) is 1.24. The lowest BCUT2D eigenvalue weighted by atomic mass is 9.76. The summed E-state index contributed by atoms with van der Waals surface area (Å²) in [5.41, 5.74) is 0.734. The molecule has 2 heteroatoms. The first-order valence-corrected chi connectivity index (χ1v) is 3.94. The van der Waals surface area contributed by atoms with Crippen molar-refractivity contribution in [2.45, 2.75) is 12.8 Å². The summed E-state index contributed by atoms with van der Waals surface area (Å²) in [6.45, 7) is 5.28. The van der Waals surface area contributed by atoms with E-state index in [2.05, 4.69) is 10.6 Å². The van der Waals surface area contributed by atoms with Crippen molar-refractivity contribution >= 4 is 0 Å². The maximum absolute atomic E-state index is 3.46. The smallest absolute Gasteiger partial charge is 0.0879 e. The van der Waals surface area contributed by atoms with Crippen LogP contribution in [-0.4, -0.2) is 26.2 Å². The molecule has 0 aliphatic carbocycles. The molecule has 2 aliphatic rings. The van der Waals surface area contributed by atoms with Crippen molar-refractivity contribution in [3.63, 3.8) is 0 Å². The Hall–Kier alpha value is -0.0800. The molecule has 2 aliphatic heterocycles. The van der Waals surface area contributed by atoms with E-state index < -0.39 is 0 Å². The van der Waals surface area contributed by atoms with Gasteiger partial charge in [-0.2, -0.15) is 0 Å². The highest BCUT2D eigenvalue weighted by Gasteiger charge is 2.42. The molecular formula is C7H15N2+. The van der Waals surface area contributed by atoms with E-state index in [1.165, 1.54) is 39.0 Å². The molecule has 2 nitrogen and oxygen atoms in total. The number of piperidine rings is 1. The summed E-state index contributed by atoms with van der Waals surface area (Å²) in [6, 6.07) is 0. The minimum absolute atomic E-state index is 0.734. The second kappa shape index (κ2) is 1.96. The minimum Gasteiger partial charge on any atom is -0.345 e. The largest absolute Gasteiger partial charge is 0.345 e. The van der Waals surface area contributed by atoms with Crippen LogP contribution in [0.25, 0.3) is 0 Å². The van der Waals surface area contributed by atoms with Crippen LogP contribution in [0, 0.1) is 5.41 Å². The third-order valence-electron chi connectivity index (χ3n) is 2.72. The molecule has 2 fully saturated rings. The fourth-order valence-corrected chi connectivity index (χ4v) is 1.93. The zero-order chi connectivity index (χ0) is 6.16. The Balaban J connectivity index is 1.93. The highest BCUT2D eigenvalue weighted by atomic mass is 15.0. The van der Waals surface area contributed by atoms with Gasteiger partial charge in [-0.25, -0.2) is 0 Å². The van der Waals surface area contributed by atoms with Crippen molar-refractivity contribution < 1.29 is 5.32 Å². The first-order chi connectivity index (χ1) is 4.41. The summed E-state index contributed by atoms with van der Waals surface area (Å²) >= 11 is 0. The van der Waals surface area contributed by atoms with Crippen molar-refractivity contribution in [3.05, 3.63) is 0 Å². The molecule has 3 N–H and O–H groups in total. The van der Waals surface area contributed by atoms with Crippen LogP contribution in [0.15, 0.2) is 0 Å². The van der Waals surface area contributed by atoms with E-state index in [9.17, 15) is 0 Å². The number of rotatable bonds is 0. The topological polar surface area (TPSA) is 28.6 Å². The molecule has 1 spiro atoms. The molecule has 0 aromatic carbocycles. The molecular weight excluding hydrogens is 112 g/mol. The second-order valence-corrected chi connectivity index (χ2v) is 3.48. The molecule has 2 rings (SSSR count). The third-order valence-corrected chi connectivity index (χ3v) is 2.72. The van der Waals surface area contributed by atoms with Gasteiger partial charge >= 0.3 is 0 Å². The van der Waals surface area contributed by atoms with Gasteiger partial charge in [-0.1, -0.05) is 0 Å². The lowest BCUT2D eigenvalue weighted by Crippen LogP contribution is -3.01. The predicted molar refractivity (Wildman–Crippen MR) is 36.2 cm³/mol. The summed E-state index contributed by atoms with van der Waals surface area (Å²) in [5.74, 6) is 0. The Bertz CT molecular complexity index is 99.5. The monoisotopic (exact) mass is 127 g/mol. The zero-order valence-corrected chi connectivity index (χ0v) is 5.82. The van der Waals surface area contributed by atoms with E-state index in [4.69, 9.17) is 0 Å². The Morgan fingerprint density at radius 3 is 2.56 bits per heavy atom. The van der Waals surface area contributed by atoms with Gasteiger partial charge in [-0.3, -0.25) is 0 Å². The predicted octanol–water partition coefficient (Wildman–Crippen LogP) is -1.07. The average Bonchev–Trinajstić information content (AvgIpc) is 1.87. The first-order valence-electron chi connectivity index (χ1n) is 3.94. The summed E-state index contributed by atoms with van der Waals surface area (Å²) in [5, 5.41) is 5.87. The standard InChI is InChI=1S/C7H14N2/c1-2-7(4-8-3-1)5-9-6-7/h8-9H,1-6H2/p+1. The molecule has 0 radical (unpaired) electrons. The third kappa shape index (κ3) is 0.864. The van der Waals surface area contributed by atoms with Crippen LogP contribution in [0.5, 0.6) is 0 Å². The van der Waals surface area contributed by atoms with E-state index >= 15 is 0 Å². The minimum atomic E-state index is 0.734. The van der Waals surface area contributed by atoms with Crippen molar-refractivity contribution in [1.82, 2.24) is 5.32 Å². The quantitative estimate of drug-likeness (QED) is 0.426. The van der Waals surface area contributed by atoms with Crippen LogP contribution < -0.4 is 10.6 Å². The highest BCUT2D eigenvalue weighted by molar-refractivity contribution is 4.87. The SMILES string of the molecule is C1CNCC2(C1)C[NH2+]C2. The van der Waals surface area contributed by atoms with Gasteiger partial charge < -0.3 is 10.6 Å². The van der Waals surface area contributed by atoms with Gasteiger partial charge in [0.15, 0.2) is 0 Å². The molecule has 2 heterocycles. The molecule has 0 saturated carbocycles. The van der Waals surface area contributed by atoms with Crippen molar-refractivity contribution in [1.29, 1.82) is 0 Å². The van der Waals surface area contributed by atoms with E-state index in [0.29, 0.717) is 0 Å². The van der Waals surface area contributed by atoms with Crippen LogP contribution in [0.4, 0.5) is 0 Å². The molecule has 0 aromatic heterocycles. The fraction of sp³-hybridized carbons (Fsp3) is 1.00. The Morgan fingerprint density at radius 1 is 1.33 bits per heavy atom. The number of hydrogen-bond donors (Lipinski definition) is 2. The first kappa shape index (κ1) is 5.69. The van der Waals surface area contributed by atoms with Gasteiger partial charge in [0.1, 0.15) is 0 Å². The van der Waals surface area contributed by atoms with Gasteiger partial charge in [-0.15, -0.1) is 0 Å². The summed E-state index contributed by atoms with van der Waals surface area (Å²) in [6.07, 6.45) is 2.87. The molecule has 0 bridgehead atoms. The zero-order valence-electron chi connectivity index (χ0n) is 5.82. The van der Waals surface area contributed by atoms with Gasteiger partial charge in [0.05, 0.1) is 18.5 Å². The normalized spacial score (nSPS) is 32.0. The molecule has 0 unspecified atom stereocenters. The lowest BCUT2D eigenvalue weighted by Gasteiger charge is -2.41. The van der Waals surface area contributed by atoms with Crippen LogP contribution in [0.3, 0.4) is 0 Å². The van der Waals surface area contributed by atoms with Gasteiger partial charge in [0.25, 0.3) is 0 Å². The highest BCUT2D eigenvalue weighted by Crippen LogP contribution is 2.25. The number of nitrogens with two attached hydrogens (primary N) is 1. The van der Waals surface area contributed by atoms with E-state index in [-0.39, 0.29) is 0 Å². The van der Waals surface area contributed by atoms with Gasteiger partial charge in [-0.05, 0) is 19.4 Å². The van der Waals surface area contributed by atoms with E-state index in [1.54, 1.807) is 0 Å². The summed E-state index contributed by atoms with van der Waals surface area (Å²) in [7, 11) is 0. The maximum Gasteiger partial charge on any atom is 0.0879 e. The fourth-order valence-electron chi connectivity index (χ4n) is 1.93. The molecule has 0 atom stereocenters. The molecule has 9 heavy (non-hydrogen) atoms. The van der Waals surface area contributed by atoms with Crippen LogP contribution in [0.2, 0.25) is 0 Å². The van der Waals surface area contributed by atoms with Gasteiger partial charge in [0, 0.05) is 6.54 Å². The maximum atomic E-state index is 3.46. The molecule has 52 valence electrons. The van der Waals surface area contributed by atoms with Crippen LogP contribution >= 0.6 is 0 Å². The van der Waals surface area contributed by atoms with E-state index in [1.807, 2.05) is 0 Å². The van der Waals surface area contributed by atoms with Crippen LogP contribution in [0.1, 0.15) is 12.8 Å². The van der Waals surface area contributed by atoms with Crippen molar-refractivity contribution in [2.24, 2.45) is 5.41 Å². The number of nitrogens with one attached hydrogen (secondary N) is 1. The van der Waals surface area contributed by atoms with Gasteiger partial charge in [0.2, 0.25) is 0 Å².